The Hall–Kier alpha value is -2.72. The summed E-state index contributed by atoms with van der Waals surface area (Å²) in [4.78, 5) is 9.09. The molecule has 1 aliphatic rings. The topological polar surface area (TPSA) is 105 Å². The van der Waals surface area contributed by atoms with Gasteiger partial charge in [-0.05, 0) is 37.1 Å². The van der Waals surface area contributed by atoms with Crippen LogP contribution < -0.4 is 10.0 Å². The number of fused-ring (bicyclic) bond motifs is 1. The zero-order valence-electron chi connectivity index (χ0n) is 17.2. The van der Waals surface area contributed by atoms with Crippen LogP contribution in [0.25, 0.3) is 11.0 Å². The van der Waals surface area contributed by atoms with Gasteiger partial charge in [-0.3, -0.25) is 4.72 Å². The summed E-state index contributed by atoms with van der Waals surface area (Å²) < 4.78 is 29.5. The number of rotatable bonds is 6. The van der Waals surface area contributed by atoms with Crippen LogP contribution in [0, 0.1) is 0 Å². The van der Waals surface area contributed by atoms with Gasteiger partial charge in [0, 0.05) is 31.7 Å². The zero-order chi connectivity index (χ0) is 21.1. The summed E-state index contributed by atoms with van der Waals surface area (Å²) in [5.41, 5.74) is 2.09. The van der Waals surface area contributed by atoms with E-state index in [4.69, 9.17) is 4.98 Å². The van der Waals surface area contributed by atoms with Crippen molar-refractivity contribution in [3.05, 3.63) is 36.7 Å². The van der Waals surface area contributed by atoms with Crippen molar-refractivity contribution in [2.75, 3.05) is 24.1 Å². The van der Waals surface area contributed by atoms with E-state index in [-0.39, 0.29) is 0 Å². The van der Waals surface area contributed by atoms with E-state index in [1.165, 1.54) is 39.8 Å². The van der Waals surface area contributed by atoms with E-state index in [9.17, 15) is 8.42 Å². The predicted molar refractivity (Wildman–Crippen MR) is 118 cm³/mol. The molecule has 2 aromatic heterocycles. The number of benzene rings is 1. The molecule has 10 heteroatoms. The number of nitrogens with zero attached hydrogens (tertiary/aromatic N) is 5. The fourth-order valence-corrected chi connectivity index (χ4v) is 4.27. The van der Waals surface area contributed by atoms with Crippen LogP contribution in [0.2, 0.25) is 0 Å². The van der Waals surface area contributed by atoms with Crippen LogP contribution in [0.3, 0.4) is 0 Å². The van der Waals surface area contributed by atoms with Gasteiger partial charge in [0.15, 0.2) is 5.65 Å². The molecule has 160 valence electrons. The molecule has 0 bridgehead atoms. The molecule has 2 heterocycles. The van der Waals surface area contributed by atoms with Crippen molar-refractivity contribution in [3.8, 4) is 0 Å². The number of nitrogens with one attached hydrogen (secondary N) is 2. The molecule has 2 N–H and O–H groups in total. The van der Waals surface area contributed by atoms with Crippen LogP contribution in [-0.2, 0) is 10.2 Å². The third-order valence-electron chi connectivity index (χ3n) is 5.37. The Kier molecular flexibility index (Phi) is 5.87. The molecule has 3 aromatic rings. The summed E-state index contributed by atoms with van der Waals surface area (Å²) in [7, 11) is -0.575. The lowest BCUT2D eigenvalue weighted by Gasteiger charge is -2.15. The molecule has 0 spiro atoms. The van der Waals surface area contributed by atoms with Crippen LogP contribution >= 0.6 is 0 Å². The van der Waals surface area contributed by atoms with Gasteiger partial charge >= 0.3 is 10.2 Å². The second-order valence-corrected chi connectivity index (χ2v) is 9.68. The largest absolute Gasteiger partial charge is 0.324 e. The first-order valence-corrected chi connectivity index (χ1v) is 11.6. The van der Waals surface area contributed by atoms with Gasteiger partial charge in [-0.1, -0.05) is 25.7 Å². The first kappa shape index (κ1) is 20.5. The molecule has 0 unspecified atom stereocenters. The van der Waals surface area contributed by atoms with Crippen molar-refractivity contribution < 1.29 is 8.42 Å². The van der Waals surface area contributed by atoms with Crippen molar-refractivity contribution in [1.29, 1.82) is 0 Å². The van der Waals surface area contributed by atoms with E-state index in [0.29, 0.717) is 17.7 Å². The molecule has 1 aliphatic carbocycles. The Morgan fingerprint density at radius 3 is 2.33 bits per heavy atom. The molecule has 0 amide bonds. The SMILES string of the molecule is CN(C)S(=O)(=O)Nc1ccc(Nc2ncc3cnn(C4CCCCCC4)c3n2)cc1. The number of anilines is 3. The van der Waals surface area contributed by atoms with E-state index >= 15 is 0 Å². The smallest absolute Gasteiger partial charge is 0.301 e. The van der Waals surface area contributed by atoms with Crippen LogP contribution in [-0.4, -0.2) is 46.6 Å². The summed E-state index contributed by atoms with van der Waals surface area (Å²) in [6.45, 7) is 0. The predicted octanol–water partition coefficient (Wildman–Crippen LogP) is 3.68. The highest BCUT2D eigenvalue weighted by atomic mass is 32.2. The number of hydrogen-bond donors (Lipinski definition) is 2. The van der Waals surface area contributed by atoms with Gasteiger partial charge in [-0.2, -0.15) is 22.8 Å². The second-order valence-electron chi connectivity index (χ2n) is 7.80. The lowest BCUT2D eigenvalue weighted by atomic mass is 10.1. The molecule has 1 saturated carbocycles. The molecule has 0 radical (unpaired) electrons. The number of hydrogen-bond acceptors (Lipinski definition) is 6. The third kappa shape index (κ3) is 4.54. The lowest BCUT2D eigenvalue weighted by molar-refractivity contribution is 0.415. The summed E-state index contributed by atoms with van der Waals surface area (Å²) in [5.74, 6) is 0.486. The lowest BCUT2D eigenvalue weighted by Crippen LogP contribution is -2.28. The molecular weight excluding hydrogens is 402 g/mol. The van der Waals surface area contributed by atoms with Crippen LogP contribution in [0.5, 0.6) is 0 Å². The van der Waals surface area contributed by atoms with Gasteiger partial charge < -0.3 is 5.32 Å². The highest BCUT2D eigenvalue weighted by molar-refractivity contribution is 7.90. The first-order valence-electron chi connectivity index (χ1n) is 10.2. The minimum Gasteiger partial charge on any atom is -0.324 e. The van der Waals surface area contributed by atoms with E-state index in [1.54, 1.807) is 30.5 Å². The maximum Gasteiger partial charge on any atom is 0.301 e. The molecule has 0 aliphatic heterocycles. The molecular formula is C20H27N7O2S. The molecule has 30 heavy (non-hydrogen) atoms. The Labute approximate surface area is 176 Å². The van der Waals surface area contributed by atoms with Gasteiger partial charge in [0.1, 0.15) is 0 Å². The van der Waals surface area contributed by atoms with Gasteiger partial charge in [0.25, 0.3) is 0 Å². The third-order valence-corrected chi connectivity index (χ3v) is 6.83. The van der Waals surface area contributed by atoms with E-state index in [1.807, 2.05) is 10.9 Å². The van der Waals surface area contributed by atoms with Crippen molar-refractivity contribution in [2.24, 2.45) is 0 Å². The van der Waals surface area contributed by atoms with E-state index < -0.39 is 10.2 Å². The van der Waals surface area contributed by atoms with Gasteiger partial charge in [0.05, 0.1) is 17.6 Å². The van der Waals surface area contributed by atoms with Crippen molar-refractivity contribution >= 4 is 38.6 Å². The van der Waals surface area contributed by atoms with Crippen molar-refractivity contribution in [2.45, 2.75) is 44.6 Å². The minimum atomic E-state index is -3.53. The fraction of sp³-hybridized carbons (Fsp3) is 0.450. The molecule has 9 nitrogen and oxygen atoms in total. The summed E-state index contributed by atoms with van der Waals surface area (Å²) >= 11 is 0. The minimum absolute atomic E-state index is 0.386. The Balaban J connectivity index is 1.52. The van der Waals surface area contributed by atoms with E-state index in [0.717, 1.165) is 33.9 Å². The molecule has 0 saturated heterocycles. The average molecular weight is 430 g/mol. The van der Waals surface area contributed by atoms with Crippen LogP contribution in [0.1, 0.15) is 44.6 Å². The Morgan fingerprint density at radius 2 is 1.67 bits per heavy atom. The van der Waals surface area contributed by atoms with Gasteiger partial charge in [0.2, 0.25) is 5.95 Å². The summed E-state index contributed by atoms with van der Waals surface area (Å²) in [6.07, 6.45) is 10.9. The first-order chi connectivity index (χ1) is 14.4. The highest BCUT2D eigenvalue weighted by Crippen LogP contribution is 2.29. The van der Waals surface area contributed by atoms with Gasteiger partial charge in [-0.25, -0.2) is 9.67 Å². The standard InChI is InChI=1S/C20H27N7O2S/c1-26(2)30(28,29)25-17-11-9-16(10-12-17)23-20-21-13-15-14-22-27(19(15)24-20)18-7-5-3-4-6-8-18/h9-14,18,25H,3-8H2,1-2H3,(H,21,23,24). The highest BCUT2D eigenvalue weighted by Gasteiger charge is 2.18. The maximum absolute atomic E-state index is 11.9. The quantitative estimate of drug-likeness (QED) is 0.579. The van der Waals surface area contributed by atoms with Gasteiger partial charge in [-0.15, -0.1) is 0 Å². The molecule has 1 fully saturated rings. The Morgan fingerprint density at radius 1 is 1.00 bits per heavy atom. The van der Waals surface area contributed by atoms with Crippen molar-refractivity contribution in [1.82, 2.24) is 24.1 Å². The fourth-order valence-electron chi connectivity index (χ4n) is 3.66. The van der Waals surface area contributed by atoms with Crippen LogP contribution in [0.15, 0.2) is 36.7 Å². The molecule has 4 rings (SSSR count). The average Bonchev–Trinajstić information content (AvgIpc) is 2.94. The second kappa shape index (κ2) is 8.57. The zero-order valence-corrected chi connectivity index (χ0v) is 18.1. The van der Waals surface area contributed by atoms with Crippen LogP contribution in [0.4, 0.5) is 17.3 Å². The summed E-state index contributed by atoms with van der Waals surface area (Å²) in [5, 5.41) is 8.71. The Bertz CT molecular complexity index is 1100. The van der Waals surface area contributed by atoms with E-state index in [2.05, 4.69) is 20.1 Å². The maximum atomic E-state index is 11.9. The monoisotopic (exact) mass is 429 g/mol. The molecule has 0 atom stereocenters. The number of aromatic nitrogens is 4. The normalized spacial score (nSPS) is 16.0. The summed E-state index contributed by atoms with van der Waals surface area (Å²) in [6, 6.07) is 7.33. The molecule has 1 aromatic carbocycles. The van der Waals surface area contributed by atoms with Crippen molar-refractivity contribution in [3.63, 3.8) is 0 Å².